The number of aromatic nitrogens is 2. The standard InChI is InChI=1S/C20H21N3O2S2/c1-3-26-16-9-5-14(6-10-16)13-18-22-23-20(25-18)21-19(24)15-7-11-17(12-8-15)27-4-2/h5-12H,3-4,13H2,1-2H3,(H,21,23,24). The van der Waals surface area contributed by atoms with Crippen LogP contribution in [0.4, 0.5) is 6.01 Å². The van der Waals surface area contributed by atoms with Crippen LogP contribution in [0.2, 0.25) is 0 Å². The summed E-state index contributed by atoms with van der Waals surface area (Å²) in [6.07, 6.45) is 0.531. The largest absolute Gasteiger partial charge is 0.407 e. The van der Waals surface area contributed by atoms with Gasteiger partial charge in [0.15, 0.2) is 0 Å². The van der Waals surface area contributed by atoms with E-state index < -0.39 is 0 Å². The molecular weight excluding hydrogens is 378 g/mol. The zero-order valence-electron chi connectivity index (χ0n) is 15.3. The highest BCUT2D eigenvalue weighted by molar-refractivity contribution is 7.99. The molecule has 2 aromatic carbocycles. The lowest BCUT2D eigenvalue weighted by atomic mass is 10.1. The van der Waals surface area contributed by atoms with Crippen molar-refractivity contribution in [3.05, 3.63) is 65.5 Å². The second kappa shape index (κ2) is 9.62. The summed E-state index contributed by atoms with van der Waals surface area (Å²) < 4.78 is 5.56. The molecule has 1 aromatic heterocycles. The number of benzene rings is 2. The molecule has 0 unspecified atom stereocenters. The lowest BCUT2D eigenvalue weighted by molar-refractivity contribution is 0.102. The Kier molecular flexibility index (Phi) is 6.95. The summed E-state index contributed by atoms with van der Waals surface area (Å²) in [4.78, 5) is 14.7. The van der Waals surface area contributed by atoms with Gasteiger partial charge < -0.3 is 4.42 Å². The molecule has 0 fully saturated rings. The Morgan fingerprint density at radius 1 is 0.926 bits per heavy atom. The number of anilines is 1. The molecule has 3 rings (SSSR count). The predicted molar refractivity (Wildman–Crippen MR) is 111 cm³/mol. The fourth-order valence-electron chi connectivity index (χ4n) is 2.46. The molecule has 3 aromatic rings. The number of amides is 1. The first-order valence-electron chi connectivity index (χ1n) is 8.76. The Hall–Kier alpha value is -2.25. The number of carbonyl (C=O) groups is 1. The normalized spacial score (nSPS) is 10.7. The molecule has 1 N–H and O–H groups in total. The van der Waals surface area contributed by atoms with Crippen molar-refractivity contribution in [1.82, 2.24) is 10.2 Å². The van der Waals surface area contributed by atoms with Crippen LogP contribution in [0.25, 0.3) is 0 Å². The minimum atomic E-state index is -0.265. The van der Waals surface area contributed by atoms with E-state index in [1.54, 1.807) is 35.7 Å². The van der Waals surface area contributed by atoms with E-state index in [0.717, 1.165) is 22.0 Å². The van der Waals surface area contributed by atoms with Gasteiger partial charge in [0, 0.05) is 15.4 Å². The number of hydrogen-bond acceptors (Lipinski definition) is 6. The van der Waals surface area contributed by atoms with Crippen LogP contribution >= 0.6 is 23.5 Å². The van der Waals surface area contributed by atoms with E-state index >= 15 is 0 Å². The molecule has 0 atom stereocenters. The summed E-state index contributed by atoms with van der Waals surface area (Å²) in [6.45, 7) is 4.22. The lowest BCUT2D eigenvalue weighted by Crippen LogP contribution is -2.11. The second-order valence-electron chi connectivity index (χ2n) is 5.67. The number of rotatable bonds is 8. The number of hydrogen-bond donors (Lipinski definition) is 1. The van der Waals surface area contributed by atoms with Crippen molar-refractivity contribution in [3.8, 4) is 0 Å². The summed E-state index contributed by atoms with van der Waals surface area (Å²) >= 11 is 3.54. The molecule has 0 saturated heterocycles. The van der Waals surface area contributed by atoms with Gasteiger partial charge in [-0.05, 0) is 53.5 Å². The first kappa shape index (κ1) is 19.5. The van der Waals surface area contributed by atoms with Gasteiger partial charge in [-0.25, -0.2) is 0 Å². The molecule has 0 aliphatic carbocycles. The van der Waals surface area contributed by atoms with Crippen LogP contribution in [0.15, 0.2) is 62.7 Å². The molecule has 1 amide bonds. The summed E-state index contributed by atoms with van der Waals surface area (Å²) in [5.41, 5.74) is 1.64. The van der Waals surface area contributed by atoms with Crippen molar-refractivity contribution in [3.63, 3.8) is 0 Å². The number of nitrogens with one attached hydrogen (secondary N) is 1. The van der Waals surface area contributed by atoms with Crippen molar-refractivity contribution in [2.45, 2.75) is 30.1 Å². The highest BCUT2D eigenvalue weighted by Crippen LogP contribution is 2.20. The Morgan fingerprint density at radius 2 is 1.52 bits per heavy atom. The highest BCUT2D eigenvalue weighted by atomic mass is 32.2. The number of carbonyl (C=O) groups excluding carboxylic acids is 1. The quantitative estimate of drug-likeness (QED) is 0.529. The summed E-state index contributed by atoms with van der Waals surface area (Å²) in [5, 5.41) is 10.6. The maximum atomic E-state index is 12.3. The second-order valence-corrected chi connectivity index (χ2v) is 8.34. The lowest BCUT2D eigenvalue weighted by Gasteiger charge is -2.02. The van der Waals surface area contributed by atoms with Crippen LogP contribution in [0.1, 0.15) is 35.7 Å². The van der Waals surface area contributed by atoms with Crippen molar-refractivity contribution in [1.29, 1.82) is 0 Å². The van der Waals surface area contributed by atoms with Gasteiger partial charge in [0.1, 0.15) is 0 Å². The van der Waals surface area contributed by atoms with E-state index in [-0.39, 0.29) is 11.9 Å². The fraction of sp³-hybridized carbons (Fsp3) is 0.250. The molecule has 0 spiro atoms. The molecule has 1 heterocycles. The maximum Gasteiger partial charge on any atom is 0.322 e. The molecule has 7 heteroatoms. The van der Waals surface area contributed by atoms with E-state index in [4.69, 9.17) is 4.42 Å². The van der Waals surface area contributed by atoms with Crippen LogP contribution in [0.3, 0.4) is 0 Å². The van der Waals surface area contributed by atoms with E-state index in [2.05, 4.69) is 53.6 Å². The molecule has 27 heavy (non-hydrogen) atoms. The van der Waals surface area contributed by atoms with Gasteiger partial charge >= 0.3 is 6.01 Å². The fourth-order valence-corrected chi connectivity index (χ4v) is 3.78. The average molecular weight is 400 g/mol. The third kappa shape index (κ3) is 5.61. The van der Waals surface area contributed by atoms with E-state index in [1.165, 1.54) is 4.90 Å². The van der Waals surface area contributed by atoms with Crippen LogP contribution in [-0.2, 0) is 6.42 Å². The maximum absolute atomic E-state index is 12.3. The van der Waals surface area contributed by atoms with E-state index in [9.17, 15) is 4.79 Å². The van der Waals surface area contributed by atoms with Gasteiger partial charge in [-0.2, -0.15) is 0 Å². The van der Waals surface area contributed by atoms with Crippen molar-refractivity contribution in [2.75, 3.05) is 16.8 Å². The predicted octanol–water partition coefficient (Wildman–Crippen LogP) is 5.14. The summed E-state index contributed by atoms with van der Waals surface area (Å²) in [6, 6.07) is 15.8. The third-order valence-electron chi connectivity index (χ3n) is 3.70. The molecule has 0 aliphatic rings. The smallest absolute Gasteiger partial charge is 0.322 e. The van der Waals surface area contributed by atoms with Gasteiger partial charge in [-0.15, -0.1) is 28.6 Å². The topological polar surface area (TPSA) is 68.0 Å². The van der Waals surface area contributed by atoms with Crippen molar-refractivity contribution < 1.29 is 9.21 Å². The summed E-state index contributed by atoms with van der Waals surface area (Å²) in [5.74, 6) is 2.25. The zero-order valence-corrected chi connectivity index (χ0v) is 16.9. The van der Waals surface area contributed by atoms with Crippen LogP contribution in [0, 0.1) is 0 Å². The number of nitrogens with zero attached hydrogens (tertiary/aromatic N) is 2. The van der Waals surface area contributed by atoms with Gasteiger partial charge in [0.25, 0.3) is 5.91 Å². The van der Waals surface area contributed by atoms with Crippen LogP contribution in [0.5, 0.6) is 0 Å². The van der Waals surface area contributed by atoms with Crippen molar-refractivity contribution in [2.24, 2.45) is 0 Å². The van der Waals surface area contributed by atoms with E-state index in [1.807, 2.05) is 12.1 Å². The van der Waals surface area contributed by atoms with E-state index in [0.29, 0.717) is 17.9 Å². The van der Waals surface area contributed by atoms with Gasteiger partial charge in [-0.3, -0.25) is 10.1 Å². The van der Waals surface area contributed by atoms with Gasteiger partial charge in [0.2, 0.25) is 5.89 Å². The molecule has 5 nitrogen and oxygen atoms in total. The van der Waals surface area contributed by atoms with Crippen LogP contribution in [-0.4, -0.2) is 27.6 Å². The Labute approximate surface area is 167 Å². The Morgan fingerprint density at radius 3 is 2.11 bits per heavy atom. The Bertz CT molecular complexity index is 877. The molecule has 0 aliphatic heterocycles. The molecule has 0 saturated carbocycles. The van der Waals surface area contributed by atoms with Crippen LogP contribution < -0.4 is 5.32 Å². The highest BCUT2D eigenvalue weighted by Gasteiger charge is 2.12. The molecule has 140 valence electrons. The monoisotopic (exact) mass is 399 g/mol. The van der Waals surface area contributed by atoms with Crippen molar-refractivity contribution >= 4 is 35.4 Å². The van der Waals surface area contributed by atoms with Gasteiger partial charge in [0.05, 0.1) is 6.42 Å². The minimum absolute atomic E-state index is 0.111. The number of thioether (sulfide) groups is 2. The SMILES string of the molecule is CCSc1ccc(Cc2nnc(NC(=O)c3ccc(SCC)cc3)o2)cc1. The van der Waals surface area contributed by atoms with Gasteiger partial charge in [-0.1, -0.05) is 31.1 Å². The third-order valence-corrected chi connectivity index (χ3v) is 5.49. The Balaban J connectivity index is 1.59. The average Bonchev–Trinajstić information content (AvgIpc) is 3.11. The molecule has 0 bridgehead atoms. The molecular formula is C20H21N3O2S2. The minimum Gasteiger partial charge on any atom is -0.407 e. The first-order valence-corrected chi connectivity index (χ1v) is 10.7. The molecule has 0 radical (unpaired) electrons. The summed E-state index contributed by atoms with van der Waals surface area (Å²) in [7, 11) is 0. The zero-order chi connectivity index (χ0) is 19.1. The first-order chi connectivity index (χ1) is 13.2.